The summed E-state index contributed by atoms with van der Waals surface area (Å²) in [6.07, 6.45) is 0. The van der Waals surface area contributed by atoms with Gasteiger partial charge in [0.05, 0.1) is 6.04 Å². The van der Waals surface area contributed by atoms with Gasteiger partial charge in [-0.05, 0) is 18.2 Å². The number of phenols is 2. The van der Waals surface area contributed by atoms with Crippen LogP contribution in [-0.4, -0.2) is 27.8 Å². The summed E-state index contributed by atoms with van der Waals surface area (Å²) in [5.41, 5.74) is 5.73. The van der Waals surface area contributed by atoms with Crippen LogP contribution in [0.4, 0.5) is 0 Å². The van der Waals surface area contributed by atoms with Crippen LogP contribution in [0.1, 0.15) is 10.4 Å². The summed E-state index contributed by atoms with van der Waals surface area (Å²) in [6.45, 7) is 0. The summed E-state index contributed by atoms with van der Waals surface area (Å²) in [7, 11) is 0. The molecular weight excluding hydrogens is 202 g/mol. The van der Waals surface area contributed by atoms with Gasteiger partial charge in [0, 0.05) is 11.3 Å². The smallest absolute Gasteiger partial charge is 0.180 e. The molecule has 0 heterocycles. The number of benzene rings is 1. The van der Waals surface area contributed by atoms with E-state index in [0.717, 1.165) is 0 Å². The van der Waals surface area contributed by atoms with Gasteiger partial charge in [0.1, 0.15) is 0 Å². The molecule has 0 aliphatic heterocycles. The molecule has 0 fully saturated rings. The maximum atomic E-state index is 11.5. The third kappa shape index (κ3) is 2.18. The van der Waals surface area contributed by atoms with E-state index in [1.165, 1.54) is 18.2 Å². The molecule has 0 saturated heterocycles. The standard InChI is InChI=1S/C9H11NO3S/c10-6(4-14)9(13)5-1-2-7(11)8(12)3-5/h1-3,6,11-12,14H,4,10H2/t6-/m0/s1. The van der Waals surface area contributed by atoms with E-state index >= 15 is 0 Å². The van der Waals surface area contributed by atoms with Gasteiger partial charge in [-0.15, -0.1) is 0 Å². The van der Waals surface area contributed by atoms with Crippen LogP contribution in [0, 0.1) is 0 Å². The van der Waals surface area contributed by atoms with Gasteiger partial charge in [-0.25, -0.2) is 0 Å². The number of ketones is 1. The predicted molar refractivity (Wildman–Crippen MR) is 55.9 cm³/mol. The predicted octanol–water partition coefficient (Wildman–Crippen LogP) is 0.538. The molecule has 5 heteroatoms. The first-order valence-corrected chi connectivity index (χ1v) is 4.62. The fourth-order valence-corrected chi connectivity index (χ4v) is 1.14. The lowest BCUT2D eigenvalue weighted by molar-refractivity contribution is 0.0969. The molecule has 0 bridgehead atoms. The van der Waals surface area contributed by atoms with Crippen molar-refractivity contribution in [3.63, 3.8) is 0 Å². The van der Waals surface area contributed by atoms with Gasteiger partial charge in [-0.3, -0.25) is 4.79 Å². The lowest BCUT2D eigenvalue weighted by atomic mass is 10.1. The lowest BCUT2D eigenvalue weighted by Gasteiger charge is -2.07. The summed E-state index contributed by atoms with van der Waals surface area (Å²) >= 11 is 3.89. The Labute approximate surface area is 86.8 Å². The van der Waals surface area contributed by atoms with Crippen molar-refractivity contribution in [2.75, 3.05) is 5.75 Å². The summed E-state index contributed by atoms with van der Waals surface area (Å²) in [6, 6.07) is 3.14. The minimum atomic E-state index is -0.692. The Kier molecular flexibility index (Phi) is 3.38. The van der Waals surface area contributed by atoms with Crippen LogP contribution in [0.15, 0.2) is 18.2 Å². The molecule has 76 valence electrons. The molecule has 1 aromatic rings. The first kappa shape index (κ1) is 10.9. The van der Waals surface area contributed by atoms with Crippen LogP contribution in [0.3, 0.4) is 0 Å². The van der Waals surface area contributed by atoms with E-state index in [2.05, 4.69) is 12.6 Å². The summed E-state index contributed by atoms with van der Waals surface area (Å²) in [4.78, 5) is 11.5. The molecule has 0 aromatic heterocycles. The van der Waals surface area contributed by atoms with Gasteiger partial charge in [0.15, 0.2) is 17.3 Å². The Balaban J connectivity index is 2.97. The normalized spacial score (nSPS) is 12.4. The molecule has 1 rings (SSSR count). The molecule has 0 radical (unpaired) electrons. The van der Waals surface area contributed by atoms with Crippen LogP contribution in [-0.2, 0) is 0 Å². The molecule has 4 N–H and O–H groups in total. The number of carbonyl (C=O) groups is 1. The van der Waals surface area contributed by atoms with Gasteiger partial charge in [0.2, 0.25) is 0 Å². The highest BCUT2D eigenvalue weighted by molar-refractivity contribution is 7.80. The van der Waals surface area contributed by atoms with Crippen molar-refractivity contribution in [2.24, 2.45) is 5.73 Å². The molecule has 1 aromatic carbocycles. The molecule has 0 unspecified atom stereocenters. The summed E-state index contributed by atoms with van der Waals surface area (Å²) in [5, 5.41) is 18.2. The van der Waals surface area contributed by atoms with Gasteiger partial charge in [-0.2, -0.15) is 12.6 Å². The number of Topliss-reactive ketones (excluding diaryl/α,β-unsaturated/α-hetero) is 1. The summed E-state index contributed by atoms with van der Waals surface area (Å²) < 4.78 is 0. The Hall–Kier alpha value is -1.20. The third-order valence-corrected chi connectivity index (χ3v) is 2.19. The highest BCUT2D eigenvalue weighted by atomic mass is 32.1. The van der Waals surface area contributed by atoms with Gasteiger partial charge >= 0.3 is 0 Å². The van der Waals surface area contributed by atoms with E-state index in [9.17, 15) is 4.79 Å². The van der Waals surface area contributed by atoms with Crippen molar-refractivity contribution >= 4 is 18.4 Å². The number of hydrogen-bond donors (Lipinski definition) is 4. The molecule has 0 aliphatic rings. The van der Waals surface area contributed by atoms with Crippen molar-refractivity contribution in [1.29, 1.82) is 0 Å². The topological polar surface area (TPSA) is 83.6 Å². The Morgan fingerprint density at radius 3 is 2.57 bits per heavy atom. The van der Waals surface area contributed by atoms with Crippen LogP contribution in [0.2, 0.25) is 0 Å². The molecule has 0 aliphatic carbocycles. The summed E-state index contributed by atoms with van der Waals surface area (Å²) in [5.74, 6) is -0.668. The molecular formula is C9H11NO3S. The molecule has 0 saturated carbocycles. The number of hydrogen-bond acceptors (Lipinski definition) is 5. The number of nitrogens with two attached hydrogens (primary N) is 1. The molecule has 1 atom stereocenters. The first-order chi connectivity index (χ1) is 6.56. The van der Waals surface area contributed by atoms with E-state index in [-0.39, 0.29) is 28.6 Å². The van der Waals surface area contributed by atoms with Crippen molar-refractivity contribution in [3.05, 3.63) is 23.8 Å². The van der Waals surface area contributed by atoms with E-state index < -0.39 is 6.04 Å². The molecule has 4 nitrogen and oxygen atoms in total. The fourth-order valence-electron chi connectivity index (χ4n) is 0.974. The van der Waals surface area contributed by atoms with Crippen LogP contribution in [0.5, 0.6) is 11.5 Å². The maximum Gasteiger partial charge on any atom is 0.180 e. The van der Waals surface area contributed by atoms with Gasteiger partial charge < -0.3 is 15.9 Å². The average molecular weight is 213 g/mol. The number of rotatable bonds is 3. The zero-order chi connectivity index (χ0) is 10.7. The van der Waals surface area contributed by atoms with Crippen LogP contribution >= 0.6 is 12.6 Å². The van der Waals surface area contributed by atoms with Gasteiger partial charge in [0.25, 0.3) is 0 Å². The minimum Gasteiger partial charge on any atom is -0.504 e. The Morgan fingerprint density at radius 2 is 2.07 bits per heavy atom. The number of carbonyl (C=O) groups excluding carboxylic acids is 1. The van der Waals surface area contributed by atoms with E-state index in [0.29, 0.717) is 0 Å². The van der Waals surface area contributed by atoms with Crippen molar-refractivity contribution in [3.8, 4) is 11.5 Å². The van der Waals surface area contributed by atoms with E-state index in [1.807, 2.05) is 0 Å². The largest absolute Gasteiger partial charge is 0.504 e. The number of phenolic OH excluding ortho intramolecular Hbond substituents is 2. The lowest BCUT2D eigenvalue weighted by Crippen LogP contribution is -2.32. The average Bonchev–Trinajstić information content (AvgIpc) is 2.20. The molecule has 14 heavy (non-hydrogen) atoms. The molecule has 0 amide bonds. The van der Waals surface area contributed by atoms with Crippen molar-refractivity contribution in [2.45, 2.75) is 6.04 Å². The molecule has 0 spiro atoms. The van der Waals surface area contributed by atoms with Crippen molar-refractivity contribution in [1.82, 2.24) is 0 Å². The fraction of sp³-hybridized carbons (Fsp3) is 0.222. The second kappa shape index (κ2) is 4.34. The SMILES string of the molecule is N[C@@H](CS)C(=O)c1ccc(O)c(O)c1. The zero-order valence-electron chi connectivity index (χ0n) is 7.34. The Bertz CT molecular complexity index is 354. The quantitative estimate of drug-likeness (QED) is 0.335. The van der Waals surface area contributed by atoms with E-state index in [1.54, 1.807) is 0 Å². The zero-order valence-corrected chi connectivity index (χ0v) is 8.24. The highest BCUT2D eigenvalue weighted by Crippen LogP contribution is 2.25. The Morgan fingerprint density at radius 1 is 1.43 bits per heavy atom. The third-order valence-electron chi connectivity index (χ3n) is 1.79. The van der Waals surface area contributed by atoms with Crippen molar-refractivity contribution < 1.29 is 15.0 Å². The van der Waals surface area contributed by atoms with Gasteiger partial charge in [-0.1, -0.05) is 0 Å². The second-order valence-electron chi connectivity index (χ2n) is 2.86. The number of aromatic hydroxyl groups is 2. The van der Waals surface area contributed by atoms with E-state index in [4.69, 9.17) is 15.9 Å². The monoisotopic (exact) mass is 213 g/mol. The maximum absolute atomic E-state index is 11.5. The first-order valence-electron chi connectivity index (χ1n) is 3.99. The minimum absolute atomic E-state index is 0.237. The second-order valence-corrected chi connectivity index (χ2v) is 3.22. The van der Waals surface area contributed by atoms with Crippen LogP contribution in [0.25, 0.3) is 0 Å². The highest BCUT2D eigenvalue weighted by Gasteiger charge is 2.15. The number of thiol groups is 1. The van der Waals surface area contributed by atoms with Crippen LogP contribution < -0.4 is 5.73 Å².